The summed E-state index contributed by atoms with van der Waals surface area (Å²) in [5.74, 6) is 1.76. The maximum atomic E-state index is 4.45. The maximum Gasteiger partial charge on any atom is 0.249 e. The number of hydrogen-bond donors (Lipinski definition) is 2. The van der Waals surface area contributed by atoms with E-state index in [9.17, 15) is 0 Å². The van der Waals surface area contributed by atoms with Crippen LogP contribution in [0.3, 0.4) is 0 Å². The molecule has 0 radical (unpaired) electrons. The molecule has 3 rings (SSSR count). The zero-order valence-corrected chi connectivity index (χ0v) is 11.8. The molecule has 1 aliphatic rings. The number of aromatic nitrogens is 3. The van der Waals surface area contributed by atoms with Gasteiger partial charge in [-0.25, -0.2) is 0 Å². The van der Waals surface area contributed by atoms with Crippen LogP contribution in [0, 0.1) is 0 Å². The summed E-state index contributed by atoms with van der Waals surface area (Å²) in [4.78, 5) is 4.45. The van der Waals surface area contributed by atoms with Gasteiger partial charge in [0.1, 0.15) is 0 Å². The normalized spacial score (nSPS) is 14.3. The molecule has 0 aliphatic heterocycles. The van der Waals surface area contributed by atoms with Crippen molar-refractivity contribution < 1.29 is 0 Å². The lowest BCUT2D eigenvalue weighted by Gasteiger charge is -2.13. The van der Waals surface area contributed by atoms with Crippen LogP contribution in [0.15, 0.2) is 30.5 Å². The van der Waals surface area contributed by atoms with Crippen LogP contribution in [-0.2, 0) is 0 Å². The SMILES string of the molecule is CC(C)c1ccccc1Nc1nncc(NC2CC2)n1. The van der Waals surface area contributed by atoms with Gasteiger partial charge in [0.05, 0.1) is 6.20 Å². The predicted molar refractivity (Wildman–Crippen MR) is 80.3 cm³/mol. The topological polar surface area (TPSA) is 62.7 Å². The first-order chi connectivity index (χ1) is 9.72. The fourth-order valence-electron chi connectivity index (χ4n) is 2.10. The number of hydrogen-bond acceptors (Lipinski definition) is 5. The van der Waals surface area contributed by atoms with Gasteiger partial charge in [0.2, 0.25) is 5.95 Å². The van der Waals surface area contributed by atoms with Crippen molar-refractivity contribution in [2.45, 2.75) is 38.6 Å². The Morgan fingerprint density at radius 3 is 2.75 bits per heavy atom. The maximum absolute atomic E-state index is 4.45. The fraction of sp³-hybridized carbons (Fsp3) is 0.400. The van der Waals surface area contributed by atoms with E-state index in [1.165, 1.54) is 18.4 Å². The molecule has 5 nitrogen and oxygen atoms in total. The average Bonchev–Trinajstić information content (AvgIpc) is 3.23. The largest absolute Gasteiger partial charge is 0.366 e. The van der Waals surface area contributed by atoms with E-state index < -0.39 is 0 Å². The van der Waals surface area contributed by atoms with Crippen molar-refractivity contribution in [1.82, 2.24) is 15.2 Å². The van der Waals surface area contributed by atoms with Crippen molar-refractivity contribution >= 4 is 17.5 Å². The Bertz CT molecular complexity index is 592. The fourth-order valence-corrected chi connectivity index (χ4v) is 2.10. The molecule has 1 fully saturated rings. The minimum absolute atomic E-state index is 0.444. The third-order valence-corrected chi connectivity index (χ3v) is 3.32. The number of rotatable bonds is 5. The van der Waals surface area contributed by atoms with Gasteiger partial charge in [-0.1, -0.05) is 32.0 Å². The molecule has 104 valence electrons. The summed E-state index contributed by atoms with van der Waals surface area (Å²) in [6.45, 7) is 4.34. The van der Waals surface area contributed by atoms with Crippen molar-refractivity contribution in [3.05, 3.63) is 36.0 Å². The van der Waals surface area contributed by atoms with Gasteiger partial charge in [-0.2, -0.15) is 10.1 Å². The van der Waals surface area contributed by atoms with Crippen LogP contribution in [0.4, 0.5) is 17.5 Å². The standard InChI is InChI=1S/C15H19N5/c1-10(2)12-5-3-4-6-13(12)18-15-19-14(9-16-20-15)17-11-7-8-11/h3-6,9-11H,7-8H2,1-2H3,(H2,17,18,19,20). The third-order valence-electron chi connectivity index (χ3n) is 3.32. The first-order valence-corrected chi connectivity index (χ1v) is 7.04. The molecule has 0 spiro atoms. The zero-order valence-electron chi connectivity index (χ0n) is 11.8. The summed E-state index contributed by atoms with van der Waals surface area (Å²) in [6, 6.07) is 8.77. The van der Waals surface area contributed by atoms with Crippen LogP contribution in [0.2, 0.25) is 0 Å². The smallest absolute Gasteiger partial charge is 0.249 e. The van der Waals surface area contributed by atoms with E-state index in [4.69, 9.17) is 0 Å². The Morgan fingerprint density at radius 1 is 1.20 bits per heavy atom. The number of para-hydroxylation sites is 1. The van der Waals surface area contributed by atoms with E-state index in [0.717, 1.165) is 11.5 Å². The molecule has 1 saturated carbocycles. The summed E-state index contributed by atoms with van der Waals surface area (Å²) in [5, 5.41) is 14.6. The number of anilines is 3. The van der Waals surface area contributed by atoms with Crippen molar-refractivity contribution in [2.75, 3.05) is 10.6 Å². The van der Waals surface area contributed by atoms with Crippen LogP contribution >= 0.6 is 0 Å². The lowest BCUT2D eigenvalue weighted by atomic mass is 10.0. The summed E-state index contributed by atoms with van der Waals surface area (Å²) < 4.78 is 0. The Morgan fingerprint density at radius 2 is 2.00 bits per heavy atom. The molecule has 0 saturated heterocycles. The second-order valence-corrected chi connectivity index (χ2v) is 5.45. The highest BCUT2D eigenvalue weighted by atomic mass is 15.3. The summed E-state index contributed by atoms with van der Waals surface area (Å²) in [6.07, 6.45) is 4.09. The van der Waals surface area contributed by atoms with Gasteiger partial charge in [0.15, 0.2) is 5.82 Å². The van der Waals surface area contributed by atoms with Gasteiger partial charge in [-0.3, -0.25) is 0 Å². The van der Waals surface area contributed by atoms with Crippen LogP contribution in [-0.4, -0.2) is 21.2 Å². The predicted octanol–water partition coefficient (Wildman–Crippen LogP) is 3.31. The molecule has 5 heteroatoms. The molecule has 0 unspecified atom stereocenters. The van der Waals surface area contributed by atoms with Gasteiger partial charge in [0, 0.05) is 11.7 Å². The molecule has 2 N–H and O–H groups in total. The Kier molecular flexibility index (Phi) is 3.50. The van der Waals surface area contributed by atoms with E-state index in [-0.39, 0.29) is 0 Å². The monoisotopic (exact) mass is 269 g/mol. The van der Waals surface area contributed by atoms with Gasteiger partial charge in [0.25, 0.3) is 0 Å². The summed E-state index contributed by atoms with van der Waals surface area (Å²) >= 11 is 0. The van der Waals surface area contributed by atoms with Crippen molar-refractivity contribution in [1.29, 1.82) is 0 Å². The molecular formula is C15H19N5. The van der Waals surface area contributed by atoms with E-state index in [2.05, 4.69) is 45.7 Å². The van der Waals surface area contributed by atoms with Gasteiger partial charge in [-0.15, -0.1) is 5.10 Å². The molecule has 1 aromatic carbocycles. The summed E-state index contributed by atoms with van der Waals surface area (Å²) in [5.41, 5.74) is 2.28. The molecular weight excluding hydrogens is 250 g/mol. The molecule has 1 aromatic heterocycles. The molecule has 0 amide bonds. The highest BCUT2D eigenvalue weighted by Crippen LogP contribution is 2.26. The van der Waals surface area contributed by atoms with Gasteiger partial charge < -0.3 is 10.6 Å². The first kappa shape index (κ1) is 12.8. The lowest BCUT2D eigenvalue weighted by Crippen LogP contribution is -2.07. The Balaban J connectivity index is 1.80. The first-order valence-electron chi connectivity index (χ1n) is 7.04. The third kappa shape index (κ3) is 3.04. The quantitative estimate of drug-likeness (QED) is 0.872. The summed E-state index contributed by atoms with van der Waals surface area (Å²) in [7, 11) is 0. The average molecular weight is 269 g/mol. The van der Waals surface area contributed by atoms with Crippen LogP contribution in [0.25, 0.3) is 0 Å². The Labute approximate surface area is 118 Å². The zero-order chi connectivity index (χ0) is 13.9. The van der Waals surface area contributed by atoms with Gasteiger partial charge >= 0.3 is 0 Å². The highest BCUT2D eigenvalue weighted by molar-refractivity contribution is 5.59. The number of nitrogens with zero attached hydrogens (tertiary/aromatic N) is 3. The minimum atomic E-state index is 0.444. The van der Waals surface area contributed by atoms with Crippen molar-refractivity contribution in [3.8, 4) is 0 Å². The molecule has 1 heterocycles. The number of benzene rings is 1. The van der Waals surface area contributed by atoms with Crippen molar-refractivity contribution in [2.24, 2.45) is 0 Å². The molecule has 1 aliphatic carbocycles. The Hall–Kier alpha value is -2.17. The molecule has 0 bridgehead atoms. The van der Waals surface area contributed by atoms with Gasteiger partial charge in [-0.05, 0) is 30.4 Å². The van der Waals surface area contributed by atoms with Crippen LogP contribution < -0.4 is 10.6 Å². The second-order valence-electron chi connectivity index (χ2n) is 5.45. The van der Waals surface area contributed by atoms with Crippen LogP contribution in [0.5, 0.6) is 0 Å². The minimum Gasteiger partial charge on any atom is -0.366 e. The number of nitrogens with one attached hydrogen (secondary N) is 2. The van der Waals surface area contributed by atoms with E-state index in [1.54, 1.807) is 6.20 Å². The van der Waals surface area contributed by atoms with Crippen molar-refractivity contribution in [3.63, 3.8) is 0 Å². The van der Waals surface area contributed by atoms with E-state index in [0.29, 0.717) is 17.9 Å². The van der Waals surface area contributed by atoms with E-state index >= 15 is 0 Å². The molecule has 2 aromatic rings. The lowest BCUT2D eigenvalue weighted by molar-refractivity contribution is 0.867. The van der Waals surface area contributed by atoms with Crippen LogP contribution in [0.1, 0.15) is 38.2 Å². The molecule has 0 atom stereocenters. The second kappa shape index (κ2) is 5.45. The molecule has 20 heavy (non-hydrogen) atoms. The highest BCUT2D eigenvalue weighted by Gasteiger charge is 2.21. The van der Waals surface area contributed by atoms with E-state index in [1.807, 2.05) is 18.2 Å².